The summed E-state index contributed by atoms with van der Waals surface area (Å²) in [7, 11) is 1.68. The summed E-state index contributed by atoms with van der Waals surface area (Å²) >= 11 is 1.81. The van der Waals surface area contributed by atoms with Crippen molar-refractivity contribution >= 4 is 17.0 Å². The number of thiazole rings is 1. The van der Waals surface area contributed by atoms with Crippen molar-refractivity contribution in [3.05, 3.63) is 41.3 Å². The molecule has 4 aromatic rings. The SMILES string of the molecule is COc1cc(-c2n[nH]c(-c3ncc(C4CCN(C5COC5)CC4)s3)c2C(C)C)cn2ccnc12. The van der Waals surface area contributed by atoms with E-state index in [0.717, 1.165) is 59.7 Å². The van der Waals surface area contributed by atoms with Gasteiger partial charge in [0.2, 0.25) is 0 Å². The highest BCUT2D eigenvalue weighted by Crippen LogP contribution is 2.41. The second kappa shape index (κ2) is 8.79. The lowest BCUT2D eigenvalue weighted by atomic mass is 9.94. The number of piperidine rings is 1. The van der Waals surface area contributed by atoms with Gasteiger partial charge in [-0.05, 0) is 43.8 Å². The third-order valence-corrected chi connectivity index (χ3v) is 8.31. The summed E-state index contributed by atoms with van der Waals surface area (Å²) in [6.07, 6.45) is 10.2. The van der Waals surface area contributed by atoms with Gasteiger partial charge in [0.25, 0.3) is 0 Å². The molecule has 2 fully saturated rings. The zero-order chi connectivity index (χ0) is 23.2. The minimum absolute atomic E-state index is 0.286. The average molecular weight is 479 g/mol. The van der Waals surface area contributed by atoms with Gasteiger partial charge in [0.15, 0.2) is 11.4 Å². The van der Waals surface area contributed by atoms with Crippen molar-refractivity contribution in [2.45, 2.75) is 44.6 Å². The number of imidazole rings is 1. The molecule has 0 unspecified atom stereocenters. The van der Waals surface area contributed by atoms with Gasteiger partial charge < -0.3 is 13.9 Å². The fourth-order valence-electron chi connectivity index (χ4n) is 5.15. The van der Waals surface area contributed by atoms with E-state index in [-0.39, 0.29) is 5.92 Å². The number of ether oxygens (including phenoxy) is 2. The van der Waals surface area contributed by atoms with Crippen LogP contribution in [0.2, 0.25) is 0 Å². The van der Waals surface area contributed by atoms with Crippen molar-refractivity contribution < 1.29 is 9.47 Å². The fraction of sp³-hybridized carbons (Fsp3) is 0.480. The Hall–Kier alpha value is -2.75. The number of rotatable bonds is 6. The van der Waals surface area contributed by atoms with E-state index in [2.05, 4.69) is 41.2 Å². The first-order valence-corrected chi connectivity index (χ1v) is 12.8. The summed E-state index contributed by atoms with van der Waals surface area (Å²) in [5.74, 6) is 1.60. The molecule has 6 heterocycles. The number of likely N-dealkylation sites (tertiary alicyclic amines) is 1. The van der Waals surface area contributed by atoms with E-state index < -0.39 is 0 Å². The molecule has 0 amide bonds. The Balaban J connectivity index is 1.29. The summed E-state index contributed by atoms with van der Waals surface area (Å²) in [6, 6.07) is 2.65. The summed E-state index contributed by atoms with van der Waals surface area (Å²) < 4.78 is 13.0. The topological polar surface area (TPSA) is 80.6 Å². The molecule has 2 saturated heterocycles. The number of fused-ring (bicyclic) bond motifs is 1. The molecule has 34 heavy (non-hydrogen) atoms. The van der Waals surface area contributed by atoms with Gasteiger partial charge in [0.05, 0.1) is 37.8 Å². The van der Waals surface area contributed by atoms with Gasteiger partial charge in [-0.15, -0.1) is 11.3 Å². The van der Waals surface area contributed by atoms with Crippen LogP contribution in [0.1, 0.15) is 49.0 Å². The first kappa shape index (κ1) is 21.8. The van der Waals surface area contributed by atoms with E-state index in [1.807, 2.05) is 28.0 Å². The Kier molecular flexibility index (Phi) is 5.63. The summed E-state index contributed by atoms with van der Waals surface area (Å²) in [5.41, 5.74) is 4.94. The van der Waals surface area contributed by atoms with E-state index in [1.54, 1.807) is 13.3 Å². The van der Waals surface area contributed by atoms with Crippen molar-refractivity contribution in [3.63, 3.8) is 0 Å². The van der Waals surface area contributed by atoms with Gasteiger partial charge in [0.1, 0.15) is 5.01 Å². The van der Waals surface area contributed by atoms with Gasteiger partial charge in [-0.2, -0.15) is 5.10 Å². The zero-order valence-corrected chi connectivity index (χ0v) is 20.6. The summed E-state index contributed by atoms with van der Waals surface area (Å²) in [4.78, 5) is 13.2. The number of methoxy groups -OCH3 is 1. The van der Waals surface area contributed by atoms with Crippen LogP contribution in [0.15, 0.2) is 30.9 Å². The molecule has 1 N–H and O–H groups in total. The zero-order valence-electron chi connectivity index (χ0n) is 19.8. The molecule has 178 valence electrons. The predicted octanol–water partition coefficient (Wildman–Crippen LogP) is 4.56. The molecular formula is C25H30N6O2S. The van der Waals surface area contributed by atoms with Gasteiger partial charge in [0, 0.05) is 40.8 Å². The first-order valence-electron chi connectivity index (χ1n) is 12.0. The number of aromatic amines is 1. The Morgan fingerprint density at radius 1 is 1.21 bits per heavy atom. The molecule has 2 aliphatic rings. The second-order valence-corrected chi connectivity index (χ2v) is 10.6. The average Bonchev–Trinajstić information content (AvgIpc) is 3.56. The number of pyridine rings is 1. The number of hydrogen-bond donors (Lipinski definition) is 1. The van der Waals surface area contributed by atoms with E-state index >= 15 is 0 Å². The number of nitrogens with zero attached hydrogens (tertiary/aromatic N) is 5. The maximum Gasteiger partial charge on any atom is 0.179 e. The van der Waals surface area contributed by atoms with Crippen LogP contribution in [0, 0.1) is 0 Å². The Morgan fingerprint density at radius 2 is 2.03 bits per heavy atom. The first-order chi connectivity index (χ1) is 16.6. The molecule has 0 spiro atoms. The highest BCUT2D eigenvalue weighted by atomic mass is 32.1. The molecule has 0 aliphatic carbocycles. The normalized spacial score (nSPS) is 18.1. The van der Waals surface area contributed by atoms with Crippen molar-refractivity contribution in [2.75, 3.05) is 33.4 Å². The third kappa shape index (κ3) is 3.72. The lowest BCUT2D eigenvalue weighted by molar-refractivity contribution is -0.0712. The number of hydrogen-bond acceptors (Lipinski definition) is 7. The fourth-order valence-corrected chi connectivity index (χ4v) is 6.24. The van der Waals surface area contributed by atoms with Crippen molar-refractivity contribution in [3.8, 4) is 27.7 Å². The number of aromatic nitrogens is 5. The minimum Gasteiger partial charge on any atom is -0.493 e. The molecule has 0 atom stereocenters. The third-order valence-electron chi connectivity index (χ3n) is 7.13. The van der Waals surface area contributed by atoms with Crippen LogP contribution in [0.3, 0.4) is 0 Å². The quantitative estimate of drug-likeness (QED) is 0.438. The monoisotopic (exact) mass is 478 g/mol. The van der Waals surface area contributed by atoms with E-state index in [4.69, 9.17) is 19.6 Å². The lowest BCUT2D eigenvalue weighted by Gasteiger charge is -2.41. The molecule has 0 saturated carbocycles. The van der Waals surface area contributed by atoms with Gasteiger partial charge in [-0.25, -0.2) is 9.97 Å². The van der Waals surface area contributed by atoms with Gasteiger partial charge in [-0.3, -0.25) is 10.00 Å². The molecule has 6 rings (SSSR count). The largest absolute Gasteiger partial charge is 0.493 e. The Morgan fingerprint density at radius 3 is 2.74 bits per heavy atom. The number of nitrogens with one attached hydrogen (secondary N) is 1. The van der Waals surface area contributed by atoms with E-state index in [9.17, 15) is 0 Å². The standard InChI is InChI=1S/C25H30N6O2S/c1-15(2)21-22(17-10-19(32-3)24-26-6-9-31(24)12-17)28-29-23(21)25-27-11-20(34-25)16-4-7-30(8-5-16)18-13-33-14-18/h6,9-12,15-16,18H,4-5,7-8,13-14H2,1-3H3,(H,28,29). The van der Waals surface area contributed by atoms with Crippen LogP contribution >= 0.6 is 11.3 Å². The van der Waals surface area contributed by atoms with Crippen molar-refractivity contribution in [1.82, 2.24) is 29.5 Å². The van der Waals surface area contributed by atoms with Crippen molar-refractivity contribution in [1.29, 1.82) is 0 Å². The molecule has 0 radical (unpaired) electrons. The maximum atomic E-state index is 5.60. The smallest absolute Gasteiger partial charge is 0.179 e. The highest BCUT2D eigenvalue weighted by molar-refractivity contribution is 7.15. The lowest BCUT2D eigenvalue weighted by Crippen LogP contribution is -2.51. The summed E-state index contributed by atoms with van der Waals surface area (Å²) in [5, 5.41) is 9.08. The molecule has 2 aliphatic heterocycles. The Labute approximate surface area is 202 Å². The highest BCUT2D eigenvalue weighted by Gasteiger charge is 2.31. The predicted molar refractivity (Wildman–Crippen MR) is 133 cm³/mol. The summed E-state index contributed by atoms with van der Waals surface area (Å²) in [6.45, 7) is 8.51. The van der Waals surface area contributed by atoms with Crippen LogP contribution in [-0.2, 0) is 4.74 Å². The molecule has 4 aromatic heterocycles. The van der Waals surface area contributed by atoms with Crippen LogP contribution in [0.5, 0.6) is 5.75 Å². The Bertz CT molecular complexity index is 1300. The van der Waals surface area contributed by atoms with E-state index in [0.29, 0.717) is 12.0 Å². The number of H-pyrrole nitrogens is 1. The van der Waals surface area contributed by atoms with Crippen molar-refractivity contribution in [2.24, 2.45) is 0 Å². The molecule has 0 aromatic carbocycles. The van der Waals surface area contributed by atoms with Crippen LogP contribution < -0.4 is 4.74 Å². The molecular weight excluding hydrogens is 448 g/mol. The maximum absolute atomic E-state index is 5.60. The van der Waals surface area contributed by atoms with Gasteiger partial charge >= 0.3 is 0 Å². The van der Waals surface area contributed by atoms with Gasteiger partial charge in [-0.1, -0.05) is 13.8 Å². The van der Waals surface area contributed by atoms with E-state index in [1.165, 1.54) is 23.3 Å². The van der Waals surface area contributed by atoms with Crippen LogP contribution in [0.25, 0.3) is 27.6 Å². The molecule has 8 nitrogen and oxygen atoms in total. The molecule has 0 bridgehead atoms. The van der Waals surface area contributed by atoms with Crippen LogP contribution in [0.4, 0.5) is 0 Å². The second-order valence-electron chi connectivity index (χ2n) is 9.54. The minimum atomic E-state index is 0.286. The van der Waals surface area contributed by atoms with Crippen LogP contribution in [-0.4, -0.2) is 68.9 Å². The molecule has 9 heteroatoms.